The monoisotopic (exact) mass is 314 g/mol. The van der Waals surface area contributed by atoms with E-state index in [1.54, 1.807) is 6.07 Å². The lowest BCUT2D eigenvalue weighted by Crippen LogP contribution is -1.95. The van der Waals surface area contributed by atoms with Crippen molar-refractivity contribution in [1.29, 1.82) is 5.26 Å². The summed E-state index contributed by atoms with van der Waals surface area (Å²) in [4.78, 5) is 3.71. The molecule has 0 bridgehead atoms. The highest BCUT2D eigenvalue weighted by molar-refractivity contribution is 6.48. The standard InChI is InChI=1S/C13H6Cl3FN2/c14-10-5-7(6-11(15)12(10)16)9-2-1-8(3-4-18)19-13(9)17/h1-2,5-6H,3H2. The van der Waals surface area contributed by atoms with Crippen LogP contribution in [0.1, 0.15) is 5.69 Å². The fraction of sp³-hybridized carbons (Fsp3) is 0.0769. The maximum Gasteiger partial charge on any atom is 0.221 e. The van der Waals surface area contributed by atoms with Crippen molar-refractivity contribution >= 4 is 34.8 Å². The van der Waals surface area contributed by atoms with Crippen LogP contribution < -0.4 is 0 Å². The number of hydrogen-bond donors (Lipinski definition) is 0. The Morgan fingerprint density at radius 1 is 1.16 bits per heavy atom. The molecule has 2 aromatic rings. The second kappa shape index (κ2) is 5.75. The van der Waals surface area contributed by atoms with Crippen LogP contribution in [0.15, 0.2) is 24.3 Å². The number of pyridine rings is 1. The first-order valence-corrected chi connectivity index (χ1v) is 6.33. The highest BCUT2D eigenvalue weighted by Crippen LogP contribution is 2.35. The summed E-state index contributed by atoms with van der Waals surface area (Å²) in [6.07, 6.45) is 0.0549. The minimum atomic E-state index is -0.679. The van der Waals surface area contributed by atoms with E-state index in [-0.39, 0.29) is 27.1 Å². The second-order valence-corrected chi connectivity index (χ2v) is 4.92. The van der Waals surface area contributed by atoms with Crippen molar-refractivity contribution in [2.75, 3.05) is 0 Å². The Morgan fingerprint density at radius 3 is 2.32 bits per heavy atom. The lowest BCUT2D eigenvalue weighted by molar-refractivity contribution is 0.582. The Balaban J connectivity index is 2.51. The summed E-state index contributed by atoms with van der Waals surface area (Å²) in [7, 11) is 0. The molecule has 0 aliphatic carbocycles. The smallest absolute Gasteiger partial charge is 0.221 e. The van der Waals surface area contributed by atoms with Gasteiger partial charge in [-0.15, -0.1) is 0 Å². The van der Waals surface area contributed by atoms with Gasteiger partial charge in [0.1, 0.15) is 0 Å². The number of nitriles is 1. The van der Waals surface area contributed by atoms with Gasteiger partial charge in [0.05, 0.1) is 33.3 Å². The predicted octanol–water partition coefficient (Wildman–Crippen LogP) is 4.91. The molecule has 0 radical (unpaired) electrons. The zero-order chi connectivity index (χ0) is 14.0. The zero-order valence-corrected chi connectivity index (χ0v) is 11.7. The molecule has 0 fully saturated rings. The lowest BCUT2D eigenvalue weighted by Gasteiger charge is -2.07. The molecule has 0 aliphatic heterocycles. The van der Waals surface area contributed by atoms with E-state index in [0.717, 1.165) is 0 Å². The molecule has 0 N–H and O–H groups in total. The molecular formula is C13H6Cl3FN2. The van der Waals surface area contributed by atoms with Crippen molar-refractivity contribution < 1.29 is 4.39 Å². The Bertz CT molecular complexity index is 657. The average Bonchev–Trinajstić information content (AvgIpc) is 2.36. The van der Waals surface area contributed by atoms with Crippen molar-refractivity contribution in [1.82, 2.24) is 4.98 Å². The van der Waals surface area contributed by atoms with Gasteiger partial charge in [-0.3, -0.25) is 0 Å². The van der Waals surface area contributed by atoms with E-state index >= 15 is 0 Å². The van der Waals surface area contributed by atoms with Crippen molar-refractivity contribution in [3.05, 3.63) is 51.0 Å². The molecule has 1 aromatic heterocycles. The maximum absolute atomic E-state index is 13.9. The topological polar surface area (TPSA) is 36.7 Å². The molecule has 0 aliphatic rings. The van der Waals surface area contributed by atoms with E-state index < -0.39 is 5.95 Å². The highest BCUT2D eigenvalue weighted by atomic mass is 35.5. The fourth-order valence-electron chi connectivity index (χ4n) is 1.58. The number of rotatable bonds is 2. The summed E-state index contributed by atoms with van der Waals surface area (Å²) in [5, 5.41) is 9.24. The molecule has 0 saturated carbocycles. The Hall–Kier alpha value is -1.34. The molecule has 2 rings (SSSR count). The summed E-state index contributed by atoms with van der Waals surface area (Å²) >= 11 is 17.6. The number of nitrogens with zero attached hydrogens (tertiary/aromatic N) is 2. The van der Waals surface area contributed by atoms with Crippen LogP contribution in [0.5, 0.6) is 0 Å². The van der Waals surface area contributed by atoms with Gasteiger partial charge in [-0.2, -0.15) is 9.65 Å². The summed E-state index contributed by atoms with van der Waals surface area (Å²) in [5.41, 5.74) is 1.10. The van der Waals surface area contributed by atoms with E-state index in [9.17, 15) is 4.39 Å². The first kappa shape index (κ1) is 14.1. The average molecular weight is 316 g/mol. The second-order valence-electron chi connectivity index (χ2n) is 3.73. The quantitative estimate of drug-likeness (QED) is 0.583. The van der Waals surface area contributed by atoms with Crippen LogP contribution in [0.2, 0.25) is 15.1 Å². The number of hydrogen-bond acceptors (Lipinski definition) is 2. The minimum absolute atomic E-state index is 0.0549. The summed E-state index contributed by atoms with van der Waals surface area (Å²) in [5.74, 6) is -0.679. The largest absolute Gasteiger partial charge is 0.223 e. The molecule has 1 aromatic carbocycles. The molecule has 19 heavy (non-hydrogen) atoms. The van der Waals surface area contributed by atoms with Gasteiger partial charge in [-0.05, 0) is 29.8 Å². The fourth-order valence-corrected chi connectivity index (χ4v) is 2.17. The van der Waals surface area contributed by atoms with Crippen molar-refractivity contribution in [2.24, 2.45) is 0 Å². The van der Waals surface area contributed by atoms with Crippen LogP contribution in [-0.4, -0.2) is 4.98 Å². The summed E-state index contributed by atoms with van der Waals surface area (Å²) < 4.78 is 13.9. The molecule has 0 amide bonds. The summed E-state index contributed by atoms with van der Waals surface area (Å²) in [6.45, 7) is 0. The van der Waals surface area contributed by atoms with Crippen LogP contribution >= 0.6 is 34.8 Å². The lowest BCUT2D eigenvalue weighted by atomic mass is 10.1. The minimum Gasteiger partial charge on any atom is -0.223 e. The molecular weight excluding hydrogens is 310 g/mol. The Morgan fingerprint density at radius 2 is 1.79 bits per heavy atom. The van der Waals surface area contributed by atoms with Crippen LogP contribution in [-0.2, 0) is 6.42 Å². The van der Waals surface area contributed by atoms with Crippen molar-refractivity contribution in [2.45, 2.75) is 6.42 Å². The first-order chi connectivity index (χ1) is 9.02. The van der Waals surface area contributed by atoms with E-state index in [0.29, 0.717) is 11.3 Å². The SMILES string of the molecule is N#CCc1ccc(-c2cc(Cl)c(Cl)c(Cl)c2)c(F)n1. The number of halogens is 4. The molecule has 0 unspecified atom stereocenters. The van der Waals surface area contributed by atoms with E-state index in [4.69, 9.17) is 40.1 Å². The highest BCUT2D eigenvalue weighted by Gasteiger charge is 2.12. The number of benzene rings is 1. The van der Waals surface area contributed by atoms with E-state index in [1.807, 2.05) is 6.07 Å². The third kappa shape index (κ3) is 2.98. The predicted molar refractivity (Wildman–Crippen MR) is 74.0 cm³/mol. The van der Waals surface area contributed by atoms with Gasteiger partial charge in [0.15, 0.2) is 0 Å². The first-order valence-electron chi connectivity index (χ1n) is 5.20. The van der Waals surface area contributed by atoms with Gasteiger partial charge in [0, 0.05) is 5.56 Å². The van der Waals surface area contributed by atoms with Crippen LogP contribution in [0, 0.1) is 17.3 Å². The van der Waals surface area contributed by atoms with Gasteiger partial charge in [-0.1, -0.05) is 34.8 Å². The van der Waals surface area contributed by atoms with Gasteiger partial charge in [-0.25, -0.2) is 4.98 Å². The van der Waals surface area contributed by atoms with Gasteiger partial charge in [0.25, 0.3) is 0 Å². The third-order valence-corrected chi connectivity index (χ3v) is 3.66. The van der Waals surface area contributed by atoms with Gasteiger partial charge in [0.2, 0.25) is 5.95 Å². The van der Waals surface area contributed by atoms with E-state index in [1.165, 1.54) is 18.2 Å². The molecule has 0 atom stereocenters. The molecule has 2 nitrogen and oxygen atoms in total. The zero-order valence-electron chi connectivity index (χ0n) is 9.42. The molecule has 0 spiro atoms. The third-order valence-electron chi connectivity index (χ3n) is 2.46. The van der Waals surface area contributed by atoms with Crippen molar-refractivity contribution in [3.8, 4) is 17.2 Å². The molecule has 1 heterocycles. The summed E-state index contributed by atoms with van der Waals surface area (Å²) in [6, 6.07) is 8.05. The Labute approximate surface area is 124 Å². The van der Waals surface area contributed by atoms with Crippen LogP contribution in [0.3, 0.4) is 0 Å². The molecule has 0 saturated heterocycles. The maximum atomic E-state index is 13.9. The van der Waals surface area contributed by atoms with Crippen molar-refractivity contribution in [3.63, 3.8) is 0 Å². The number of aromatic nitrogens is 1. The van der Waals surface area contributed by atoms with E-state index in [2.05, 4.69) is 4.98 Å². The Kier molecular flexibility index (Phi) is 4.26. The van der Waals surface area contributed by atoms with Crippen LogP contribution in [0.25, 0.3) is 11.1 Å². The normalized spacial score (nSPS) is 10.3. The van der Waals surface area contributed by atoms with Gasteiger partial charge >= 0.3 is 0 Å². The molecule has 6 heteroatoms. The molecule has 96 valence electrons. The van der Waals surface area contributed by atoms with Crippen LogP contribution in [0.4, 0.5) is 4.39 Å². The van der Waals surface area contributed by atoms with Gasteiger partial charge < -0.3 is 0 Å².